The van der Waals surface area contributed by atoms with E-state index in [2.05, 4.69) is 19.2 Å². The molecule has 1 aliphatic rings. The number of methoxy groups -OCH3 is 1. The molecule has 0 saturated heterocycles. The molecular formula is C13H24ClNO2. The second kappa shape index (κ2) is 6.60. The molecule has 1 rings (SSSR count). The molecule has 0 aromatic carbocycles. The third kappa shape index (κ3) is 4.14. The maximum atomic E-state index is 12.2. The maximum Gasteiger partial charge on any atom is 0.223 e. The van der Waals surface area contributed by atoms with Crippen LogP contribution in [0, 0.1) is 11.3 Å². The van der Waals surface area contributed by atoms with Crippen LogP contribution in [0.2, 0.25) is 0 Å². The first-order valence-corrected chi connectivity index (χ1v) is 6.90. The second-order valence-electron chi connectivity index (χ2n) is 5.60. The molecule has 1 saturated carbocycles. The van der Waals surface area contributed by atoms with Gasteiger partial charge in [-0.3, -0.25) is 4.79 Å². The van der Waals surface area contributed by atoms with Crippen LogP contribution in [0.15, 0.2) is 0 Å². The van der Waals surface area contributed by atoms with E-state index >= 15 is 0 Å². The van der Waals surface area contributed by atoms with E-state index in [0.29, 0.717) is 12.5 Å². The van der Waals surface area contributed by atoms with E-state index in [4.69, 9.17) is 16.3 Å². The van der Waals surface area contributed by atoms with E-state index in [-0.39, 0.29) is 23.3 Å². The van der Waals surface area contributed by atoms with Crippen molar-refractivity contribution < 1.29 is 9.53 Å². The van der Waals surface area contributed by atoms with Gasteiger partial charge in [0.2, 0.25) is 5.91 Å². The summed E-state index contributed by atoms with van der Waals surface area (Å²) in [7, 11) is 1.62. The fraction of sp³-hybridized carbons (Fsp3) is 0.923. The lowest BCUT2D eigenvalue weighted by Gasteiger charge is -2.38. The van der Waals surface area contributed by atoms with E-state index in [1.54, 1.807) is 7.11 Å². The third-order valence-electron chi connectivity index (χ3n) is 3.72. The van der Waals surface area contributed by atoms with Crippen LogP contribution in [0.5, 0.6) is 0 Å². The zero-order valence-electron chi connectivity index (χ0n) is 11.1. The van der Waals surface area contributed by atoms with Gasteiger partial charge in [0, 0.05) is 18.9 Å². The third-order valence-corrected chi connectivity index (χ3v) is 4.10. The minimum atomic E-state index is -0.0770. The Kier molecular flexibility index (Phi) is 5.74. The molecule has 2 atom stereocenters. The van der Waals surface area contributed by atoms with Gasteiger partial charge in [0.05, 0.1) is 12.6 Å². The molecule has 2 unspecified atom stereocenters. The number of hydrogen-bond acceptors (Lipinski definition) is 2. The highest BCUT2D eigenvalue weighted by molar-refractivity contribution is 6.18. The van der Waals surface area contributed by atoms with E-state index in [1.807, 2.05) is 0 Å². The first-order valence-electron chi connectivity index (χ1n) is 6.36. The molecule has 0 aliphatic heterocycles. The van der Waals surface area contributed by atoms with Crippen LogP contribution in [-0.2, 0) is 9.53 Å². The number of alkyl halides is 1. The zero-order chi connectivity index (χ0) is 12.9. The van der Waals surface area contributed by atoms with Crippen molar-refractivity contribution in [1.29, 1.82) is 0 Å². The largest absolute Gasteiger partial charge is 0.383 e. The normalized spacial score (nSPS) is 25.3. The summed E-state index contributed by atoms with van der Waals surface area (Å²) in [5, 5.41) is 3.00. The number of hydrogen-bond donors (Lipinski definition) is 1. The average molecular weight is 262 g/mol. The molecule has 4 heteroatoms. The van der Waals surface area contributed by atoms with Gasteiger partial charge in [-0.15, -0.1) is 11.6 Å². The van der Waals surface area contributed by atoms with E-state index in [1.165, 1.54) is 6.42 Å². The van der Waals surface area contributed by atoms with Crippen LogP contribution >= 0.6 is 11.6 Å². The molecule has 17 heavy (non-hydrogen) atoms. The molecule has 1 N–H and O–H groups in total. The fourth-order valence-corrected chi connectivity index (χ4v) is 2.77. The molecule has 0 heterocycles. The summed E-state index contributed by atoms with van der Waals surface area (Å²) in [5.41, 5.74) is 0.103. The van der Waals surface area contributed by atoms with Gasteiger partial charge in [-0.05, 0) is 18.3 Å². The second-order valence-corrected chi connectivity index (χ2v) is 5.91. The topological polar surface area (TPSA) is 38.3 Å². The lowest BCUT2D eigenvalue weighted by Crippen LogP contribution is -2.47. The van der Waals surface area contributed by atoms with Gasteiger partial charge in [0.1, 0.15) is 0 Å². The van der Waals surface area contributed by atoms with E-state index in [0.717, 1.165) is 19.3 Å². The number of ether oxygens (including phenoxy) is 1. The van der Waals surface area contributed by atoms with Crippen LogP contribution in [-0.4, -0.2) is 31.5 Å². The summed E-state index contributed by atoms with van der Waals surface area (Å²) < 4.78 is 5.04. The number of nitrogens with one attached hydrogen (secondary N) is 1. The van der Waals surface area contributed by atoms with Gasteiger partial charge in [-0.25, -0.2) is 0 Å². The zero-order valence-corrected chi connectivity index (χ0v) is 11.8. The number of halogens is 1. The molecule has 0 bridgehead atoms. The van der Waals surface area contributed by atoms with Gasteiger partial charge in [0.15, 0.2) is 0 Å². The summed E-state index contributed by atoms with van der Waals surface area (Å²) in [6.07, 6.45) is 4.49. The highest BCUT2D eigenvalue weighted by atomic mass is 35.5. The first-order chi connectivity index (χ1) is 8.01. The highest BCUT2D eigenvalue weighted by Crippen LogP contribution is 2.40. The van der Waals surface area contributed by atoms with Crippen molar-refractivity contribution in [3.63, 3.8) is 0 Å². The lowest BCUT2D eigenvalue weighted by molar-refractivity contribution is -0.131. The van der Waals surface area contributed by atoms with Crippen molar-refractivity contribution in [3.05, 3.63) is 0 Å². The van der Waals surface area contributed by atoms with Crippen molar-refractivity contribution >= 4 is 17.5 Å². The van der Waals surface area contributed by atoms with Crippen molar-refractivity contribution in [3.8, 4) is 0 Å². The molecule has 0 aromatic rings. The SMILES string of the molecule is COCC(CCl)NC(=O)C1CCCCC1(C)C. The minimum Gasteiger partial charge on any atom is -0.383 e. The summed E-state index contributed by atoms with van der Waals surface area (Å²) in [6.45, 7) is 4.84. The molecule has 0 aromatic heterocycles. The van der Waals surface area contributed by atoms with Crippen LogP contribution < -0.4 is 5.32 Å². The fourth-order valence-electron chi connectivity index (χ4n) is 2.61. The minimum absolute atomic E-state index is 0.0770. The van der Waals surface area contributed by atoms with Crippen LogP contribution in [0.1, 0.15) is 39.5 Å². The van der Waals surface area contributed by atoms with Crippen molar-refractivity contribution in [2.45, 2.75) is 45.6 Å². The molecule has 100 valence electrons. The smallest absolute Gasteiger partial charge is 0.223 e. The predicted octanol–water partition coefficient (Wildman–Crippen LogP) is 2.57. The lowest BCUT2D eigenvalue weighted by atomic mass is 9.68. The number of rotatable bonds is 5. The number of carbonyl (C=O) groups excluding carboxylic acids is 1. The quantitative estimate of drug-likeness (QED) is 0.773. The molecule has 1 aliphatic carbocycles. The van der Waals surface area contributed by atoms with Gasteiger partial charge in [-0.1, -0.05) is 26.7 Å². The van der Waals surface area contributed by atoms with Gasteiger partial charge >= 0.3 is 0 Å². The Morgan fingerprint density at radius 2 is 2.24 bits per heavy atom. The van der Waals surface area contributed by atoms with Crippen LogP contribution in [0.3, 0.4) is 0 Å². The highest BCUT2D eigenvalue weighted by Gasteiger charge is 2.37. The predicted molar refractivity (Wildman–Crippen MR) is 70.3 cm³/mol. The Bertz CT molecular complexity index is 256. The van der Waals surface area contributed by atoms with Gasteiger partial charge in [-0.2, -0.15) is 0 Å². The summed E-state index contributed by atoms with van der Waals surface area (Å²) in [4.78, 5) is 12.2. The first kappa shape index (κ1) is 14.8. The monoisotopic (exact) mass is 261 g/mol. The summed E-state index contributed by atoms with van der Waals surface area (Å²) in [5.74, 6) is 0.642. The molecule has 0 spiro atoms. The Hall–Kier alpha value is -0.280. The van der Waals surface area contributed by atoms with Gasteiger partial charge in [0.25, 0.3) is 0 Å². The Morgan fingerprint density at radius 1 is 1.53 bits per heavy atom. The summed E-state index contributed by atoms with van der Waals surface area (Å²) in [6, 6.07) is -0.0770. The Morgan fingerprint density at radius 3 is 2.76 bits per heavy atom. The number of carbonyl (C=O) groups is 1. The molecule has 3 nitrogen and oxygen atoms in total. The summed E-state index contributed by atoms with van der Waals surface area (Å²) >= 11 is 5.81. The van der Waals surface area contributed by atoms with E-state index < -0.39 is 0 Å². The maximum absolute atomic E-state index is 12.2. The average Bonchev–Trinajstić information content (AvgIpc) is 2.27. The molecule has 1 amide bonds. The van der Waals surface area contributed by atoms with E-state index in [9.17, 15) is 4.79 Å². The molecular weight excluding hydrogens is 238 g/mol. The van der Waals surface area contributed by atoms with Gasteiger partial charge < -0.3 is 10.1 Å². The standard InChI is InChI=1S/C13H24ClNO2/c1-13(2)7-5-4-6-11(13)12(16)15-10(8-14)9-17-3/h10-11H,4-9H2,1-3H3,(H,15,16). The van der Waals surface area contributed by atoms with Crippen LogP contribution in [0.25, 0.3) is 0 Å². The Balaban J connectivity index is 2.55. The Labute approximate surface area is 109 Å². The van der Waals surface area contributed by atoms with Crippen molar-refractivity contribution in [1.82, 2.24) is 5.32 Å². The number of amides is 1. The van der Waals surface area contributed by atoms with Crippen molar-refractivity contribution in [2.75, 3.05) is 19.6 Å². The molecule has 1 fully saturated rings. The van der Waals surface area contributed by atoms with Crippen molar-refractivity contribution in [2.24, 2.45) is 11.3 Å². The van der Waals surface area contributed by atoms with Crippen LogP contribution in [0.4, 0.5) is 0 Å². The molecule has 0 radical (unpaired) electrons.